The molecule has 1 aromatic heterocycles. The van der Waals surface area contributed by atoms with Gasteiger partial charge in [0.15, 0.2) is 0 Å². The highest BCUT2D eigenvalue weighted by atomic mass is 16.5. The number of aromatic carboxylic acids is 1. The number of ether oxygens (including phenoxy) is 1. The molecule has 2 aromatic rings. The van der Waals surface area contributed by atoms with E-state index in [9.17, 15) is 9.59 Å². The van der Waals surface area contributed by atoms with Gasteiger partial charge < -0.3 is 14.3 Å². The second-order valence-electron chi connectivity index (χ2n) is 3.12. The van der Waals surface area contributed by atoms with Crippen LogP contribution in [0.5, 0.6) is 5.75 Å². The molecule has 0 atom stereocenters. The van der Waals surface area contributed by atoms with E-state index in [1.54, 1.807) is 0 Å². The van der Waals surface area contributed by atoms with Crippen molar-refractivity contribution >= 4 is 16.9 Å². The maximum Gasteiger partial charge on any atom is 0.379 e. The largest absolute Gasteiger partial charge is 0.490 e. The zero-order valence-corrected chi connectivity index (χ0v) is 8.39. The van der Waals surface area contributed by atoms with Gasteiger partial charge in [0.25, 0.3) is 0 Å². The third-order valence-corrected chi connectivity index (χ3v) is 2.20. The Morgan fingerprint density at radius 3 is 2.81 bits per heavy atom. The molecule has 1 aromatic carbocycles. The molecule has 82 valence electrons. The Labute approximate surface area is 89.9 Å². The van der Waals surface area contributed by atoms with Gasteiger partial charge in [-0.1, -0.05) is 6.07 Å². The molecule has 0 fully saturated rings. The van der Waals surface area contributed by atoms with E-state index in [-0.39, 0.29) is 16.9 Å². The molecule has 0 saturated carbocycles. The standard InChI is InChI=1S/C11H8O5/c1-15-9-5-7-6(10(12)13)3-2-4-8(7)16-11(9)14/h2-5H,1H3,(H,12,13). The topological polar surface area (TPSA) is 76.7 Å². The minimum absolute atomic E-state index is 0.0128. The summed E-state index contributed by atoms with van der Waals surface area (Å²) in [6.45, 7) is 0. The number of carbonyl (C=O) groups is 1. The van der Waals surface area contributed by atoms with Crippen molar-refractivity contribution in [3.63, 3.8) is 0 Å². The highest BCUT2D eigenvalue weighted by Gasteiger charge is 2.12. The lowest BCUT2D eigenvalue weighted by Crippen LogP contribution is -2.05. The minimum atomic E-state index is -1.08. The van der Waals surface area contributed by atoms with Crippen LogP contribution in [0.1, 0.15) is 10.4 Å². The van der Waals surface area contributed by atoms with Crippen LogP contribution in [-0.2, 0) is 0 Å². The molecule has 16 heavy (non-hydrogen) atoms. The highest BCUT2D eigenvalue weighted by molar-refractivity contribution is 6.02. The van der Waals surface area contributed by atoms with Crippen LogP contribution in [0.15, 0.2) is 33.5 Å². The van der Waals surface area contributed by atoms with Crippen LogP contribution >= 0.6 is 0 Å². The number of fused-ring (bicyclic) bond motifs is 1. The fraction of sp³-hybridized carbons (Fsp3) is 0.0909. The monoisotopic (exact) mass is 220 g/mol. The number of benzene rings is 1. The molecule has 1 heterocycles. The molecular weight excluding hydrogens is 212 g/mol. The molecule has 1 N–H and O–H groups in total. The molecule has 0 aliphatic carbocycles. The predicted molar refractivity (Wildman–Crippen MR) is 56.0 cm³/mol. The molecule has 0 bridgehead atoms. The molecule has 0 aliphatic rings. The summed E-state index contributed by atoms with van der Waals surface area (Å²) < 4.78 is 9.72. The summed E-state index contributed by atoms with van der Waals surface area (Å²) in [6, 6.07) is 5.85. The third kappa shape index (κ3) is 1.52. The summed E-state index contributed by atoms with van der Waals surface area (Å²) in [5.41, 5.74) is -0.331. The smallest absolute Gasteiger partial charge is 0.379 e. The quantitative estimate of drug-likeness (QED) is 0.776. The molecule has 0 saturated heterocycles. The van der Waals surface area contributed by atoms with E-state index in [1.165, 1.54) is 31.4 Å². The van der Waals surface area contributed by atoms with Crippen LogP contribution in [0.25, 0.3) is 11.0 Å². The van der Waals surface area contributed by atoms with Crippen molar-refractivity contribution in [1.82, 2.24) is 0 Å². The normalized spacial score (nSPS) is 10.3. The average Bonchev–Trinajstić information content (AvgIpc) is 2.26. The van der Waals surface area contributed by atoms with Crippen molar-refractivity contribution in [2.45, 2.75) is 0 Å². The average molecular weight is 220 g/mol. The van der Waals surface area contributed by atoms with E-state index in [0.29, 0.717) is 5.39 Å². The van der Waals surface area contributed by atoms with Crippen LogP contribution in [-0.4, -0.2) is 18.2 Å². The second-order valence-corrected chi connectivity index (χ2v) is 3.12. The van der Waals surface area contributed by atoms with Crippen LogP contribution in [0.4, 0.5) is 0 Å². The lowest BCUT2D eigenvalue weighted by Gasteiger charge is -2.03. The zero-order valence-electron chi connectivity index (χ0n) is 8.39. The number of carboxylic acid groups (broad SMARTS) is 1. The fourth-order valence-corrected chi connectivity index (χ4v) is 1.45. The Morgan fingerprint density at radius 2 is 2.19 bits per heavy atom. The molecule has 0 aliphatic heterocycles. The van der Waals surface area contributed by atoms with E-state index in [0.717, 1.165) is 0 Å². The first-order valence-corrected chi connectivity index (χ1v) is 4.47. The Hall–Kier alpha value is -2.30. The first-order chi connectivity index (χ1) is 7.63. The predicted octanol–water partition coefficient (Wildman–Crippen LogP) is 1.50. The van der Waals surface area contributed by atoms with E-state index in [2.05, 4.69) is 0 Å². The summed E-state index contributed by atoms with van der Waals surface area (Å²) in [5, 5.41) is 9.29. The van der Waals surface area contributed by atoms with Crippen molar-refractivity contribution in [2.75, 3.05) is 7.11 Å². The first-order valence-electron chi connectivity index (χ1n) is 4.47. The van der Waals surface area contributed by atoms with Gasteiger partial charge in [0.05, 0.1) is 12.7 Å². The maximum absolute atomic E-state index is 11.3. The summed E-state index contributed by atoms with van der Waals surface area (Å²) in [6.07, 6.45) is 0. The van der Waals surface area contributed by atoms with E-state index < -0.39 is 11.6 Å². The fourth-order valence-electron chi connectivity index (χ4n) is 1.45. The van der Waals surface area contributed by atoms with E-state index >= 15 is 0 Å². The van der Waals surface area contributed by atoms with Crippen LogP contribution in [0, 0.1) is 0 Å². The SMILES string of the molecule is COc1cc2c(C(=O)O)cccc2oc1=O. The highest BCUT2D eigenvalue weighted by Crippen LogP contribution is 2.20. The Bertz CT molecular complexity index is 611. The zero-order chi connectivity index (χ0) is 11.7. The lowest BCUT2D eigenvalue weighted by molar-refractivity contribution is 0.0699. The van der Waals surface area contributed by atoms with Crippen molar-refractivity contribution in [3.8, 4) is 5.75 Å². The van der Waals surface area contributed by atoms with Crippen molar-refractivity contribution < 1.29 is 19.1 Å². The van der Waals surface area contributed by atoms with Crippen molar-refractivity contribution in [2.24, 2.45) is 0 Å². The molecule has 0 radical (unpaired) electrons. The Balaban J connectivity index is 2.86. The second kappa shape index (κ2) is 3.69. The number of methoxy groups -OCH3 is 1. The molecule has 5 heteroatoms. The van der Waals surface area contributed by atoms with Crippen LogP contribution in [0.3, 0.4) is 0 Å². The van der Waals surface area contributed by atoms with Gasteiger partial charge in [-0.15, -0.1) is 0 Å². The summed E-state index contributed by atoms with van der Waals surface area (Å²) >= 11 is 0. The Morgan fingerprint density at radius 1 is 1.44 bits per heavy atom. The molecule has 0 spiro atoms. The molecule has 0 unspecified atom stereocenters. The van der Waals surface area contributed by atoms with Gasteiger partial charge in [0, 0.05) is 5.39 Å². The van der Waals surface area contributed by atoms with Gasteiger partial charge in [-0.3, -0.25) is 0 Å². The Kier molecular flexibility index (Phi) is 2.36. The minimum Gasteiger partial charge on any atom is -0.490 e. The lowest BCUT2D eigenvalue weighted by atomic mass is 10.1. The van der Waals surface area contributed by atoms with E-state index in [4.69, 9.17) is 14.3 Å². The van der Waals surface area contributed by atoms with Gasteiger partial charge >= 0.3 is 11.6 Å². The van der Waals surface area contributed by atoms with Gasteiger partial charge in [-0.2, -0.15) is 0 Å². The summed E-state index contributed by atoms with van der Waals surface area (Å²) in [7, 11) is 1.32. The number of hydrogen-bond donors (Lipinski definition) is 1. The van der Waals surface area contributed by atoms with Crippen LogP contribution in [0.2, 0.25) is 0 Å². The number of hydrogen-bond acceptors (Lipinski definition) is 4. The third-order valence-electron chi connectivity index (χ3n) is 2.20. The molecule has 2 rings (SSSR count). The van der Waals surface area contributed by atoms with Gasteiger partial charge in [-0.25, -0.2) is 9.59 Å². The van der Waals surface area contributed by atoms with Crippen molar-refractivity contribution in [1.29, 1.82) is 0 Å². The number of carboxylic acids is 1. The van der Waals surface area contributed by atoms with Crippen molar-refractivity contribution in [3.05, 3.63) is 40.2 Å². The van der Waals surface area contributed by atoms with Crippen LogP contribution < -0.4 is 10.4 Å². The molecular formula is C11H8O5. The molecule has 5 nitrogen and oxygen atoms in total. The molecule has 0 amide bonds. The first kappa shape index (κ1) is 10.2. The van der Waals surface area contributed by atoms with Gasteiger partial charge in [0.1, 0.15) is 5.58 Å². The number of rotatable bonds is 2. The maximum atomic E-state index is 11.3. The summed E-state index contributed by atoms with van der Waals surface area (Å²) in [4.78, 5) is 22.2. The van der Waals surface area contributed by atoms with E-state index in [1.807, 2.05) is 0 Å². The van der Waals surface area contributed by atoms with Gasteiger partial charge in [-0.05, 0) is 18.2 Å². The van der Waals surface area contributed by atoms with Gasteiger partial charge in [0.2, 0.25) is 5.75 Å². The summed E-state index contributed by atoms with van der Waals surface area (Å²) in [5.74, 6) is -1.09.